The maximum absolute atomic E-state index is 16.4. The summed E-state index contributed by atoms with van der Waals surface area (Å²) >= 11 is 6.80. The Morgan fingerprint density at radius 3 is 2.20 bits per heavy atom. The second kappa shape index (κ2) is 23.8. The lowest BCUT2D eigenvalue weighted by Crippen LogP contribution is -2.50. The molecule has 0 radical (unpaired) electrons. The lowest BCUT2D eigenvalue weighted by atomic mass is 9.86. The predicted octanol–water partition coefficient (Wildman–Crippen LogP) is 7.20. The van der Waals surface area contributed by atoms with Gasteiger partial charge in [-0.1, -0.05) is 48.0 Å². The fraction of sp³-hybridized carbons (Fsp3) is 0.464. The highest BCUT2D eigenvalue weighted by Gasteiger charge is 2.36. The summed E-state index contributed by atoms with van der Waals surface area (Å²) in [6.45, 7) is 3.41. The number of nitrogens with one attached hydrogen (secondary N) is 3. The van der Waals surface area contributed by atoms with Crippen LogP contribution in [0.3, 0.4) is 0 Å². The number of urea groups is 1. The standard InChI is InChI=1S/C56H65ClFN7O9/c1-72-47-17-10-38(31-46(47)65-28-23-49(66)62-56(65)71)55(70)64-26-21-36(22-27-64)54(69)63-24-19-35(20-25-63)53(68)61-40-13-11-39(12-14-40)60-32-44(34-6-3-2-4-7-34)37-9-16-45(57)43(30-37)50-42(52(59)67)15-18-48(51(50)58)74-33-41-8-5-29-73-41/h2-4,6-7,9-10,15-18,30-31,35-36,39-41,44,60H,5,8,11-14,19-29,32-33H2,1H3,(H2,59,67)(H,61,68)(H,62,66,71)/t39?,40?,41-,44?/m0/s1. The molecule has 5 aliphatic rings. The molecule has 7 amide bonds. The molecule has 1 aliphatic carbocycles. The number of hydrogen-bond acceptors (Lipinski definition) is 10. The van der Waals surface area contributed by atoms with Crippen molar-refractivity contribution in [1.82, 2.24) is 25.8 Å². The number of anilines is 1. The number of nitrogens with zero attached hydrogens (tertiary/aromatic N) is 3. The normalized spacial score (nSPS) is 21.2. The van der Waals surface area contributed by atoms with Gasteiger partial charge in [0.15, 0.2) is 11.6 Å². The Labute approximate surface area is 435 Å². The van der Waals surface area contributed by atoms with Gasteiger partial charge in [0.2, 0.25) is 23.6 Å². The molecule has 16 nitrogen and oxygen atoms in total. The van der Waals surface area contributed by atoms with Crippen LogP contribution in [0.25, 0.3) is 11.1 Å². The third-order valence-electron chi connectivity index (χ3n) is 15.4. The van der Waals surface area contributed by atoms with E-state index in [1.807, 2.05) is 35.2 Å². The van der Waals surface area contributed by atoms with Gasteiger partial charge >= 0.3 is 6.03 Å². The van der Waals surface area contributed by atoms with Crippen molar-refractivity contribution in [1.29, 1.82) is 0 Å². The number of benzene rings is 4. The number of imide groups is 1. The van der Waals surface area contributed by atoms with E-state index in [2.05, 4.69) is 28.1 Å². The first-order chi connectivity index (χ1) is 35.8. The third kappa shape index (κ3) is 12.0. The molecule has 9 rings (SSSR count). The van der Waals surface area contributed by atoms with Gasteiger partial charge in [-0.25, -0.2) is 9.18 Å². The molecule has 1 saturated carbocycles. The van der Waals surface area contributed by atoms with Gasteiger partial charge in [0.05, 0.1) is 24.5 Å². The molecular formula is C56H65ClFN7O9. The number of methoxy groups -OCH3 is 1. The summed E-state index contributed by atoms with van der Waals surface area (Å²) in [5.74, 6) is -2.09. The number of halogens is 2. The first-order valence-corrected chi connectivity index (χ1v) is 26.4. The zero-order chi connectivity index (χ0) is 51.9. The Balaban J connectivity index is 0.744. The number of hydrogen-bond donors (Lipinski definition) is 4. The van der Waals surface area contributed by atoms with E-state index in [0.717, 1.165) is 49.7 Å². The SMILES string of the molecule is COc1ccc(C(=O)N2CCC(C(=O)N3CCC(C(=O)NC4CCC(NCC(c5ccccc5)c5ccc(Cl)c(-c6c(C(N)=O)ccc(OC[C@@H]7CCCO7)c6F)c5)CC4)CC3)CC2)cc1N1CCC(=O)NC1=O. The zero-order valence-corrected chi connectivity index (χ0v) is 42.5. The van der Waals surface area contributed by atoms with Crippen LogP contribution in [0.1, 0.15) is 108 Å². The second-order valence-corrected chi connectivity index (χ2v) is 20.5. The minimum Gasteiger partial charge on any atom is -0.495 e. The summed E-state index contributed by atoms with van der Waals surface area (Å²) in [4.78, 5) is 83.0. The Hall–Kier alpha value is -6.56. The molecule has 0 bridgehead atoms. The van der Waals surface area contributed by atoms with E-state index in [4.69, 9.17) is 31.5 Å². The lowest BCUT2D eigenvalue weighted by Gasteiger charge is -2.37. The number of primary amides is 1. The highest BCUT2D eigenvalue weighted by atomic mass is 35.5. The molecule has 18 heteroatoms. The summed E-state index contributed by atoms with van der Waals surface area (Å²) in [6.07, 6.45) is 7.35. The van der Waals surface area contributed by atoms with E-state index in [0.29, 0.717) is 87.6 Å². The van der Waals surface area contributed by atoms with E-state index in [1.54, 1.807) is 29.2 Å². The number of piperidine rings is 2. The highest BCUT2D eigenvalue weighted by Crippen LogP contribution is 2.40. The van der Waals surface area contributed by atoms with Gasteiger partial charge < -0.3 is 40.4 Å². The van der Waals surface area contributed by atoms with Gasteiger partial charge in [0.25, 0.3) is 5.91 Å². The van der Waals surface area contributed by atoms with Crippen LogP contribution in [0.4, 0.5) is 14.9 Å². The van der Waals surface area contributed by atoms with Crippen LogP contribution < -0.4 is 36.1 Å². The number of likely N-dealkylation sites (tertiary alicyclic amines) is 2. The van der Waals surface area contributed by atoms with Crippen molar-refractivity contribution in [2.75, 3.05) is 64.5 Å². The van der Waals surface area contributed by atoms with Crippen molar-refractivity contribution >= 4 is 52.9 Å². The molecule has 4 heterocycles. The average molecular weight is 1030 g/mol. The average Bonchev–Trinajstić information content (AvgIpc) is 3.95. The zero-order valence-electron chi connectivity index (χ0n) is 41.8. The van der Waals surface area contributed by atoms with Gasteiger partial charge in [0.1, 0.15) is 12.4 Å². The summed E-state index contributed by atoms with van der Waals surface area (Å²) in [5.41, 5.74) is 8.86. The second-order valence-electron chi connectivity index (χ2n) is 20.1. The maximum Gasteiger partial charge on any atom is 0.328 e. The van der Waals surface area contributed by atoms with E-state index in [1.165, 1.54) is 24.1 Å². The number of carbonyl (C=O) groups excluding carboxylic acids is 6. The summed E-state index contributed by atoms with van der Waals surface area (Å²) in [6, 6.07) is 23.0. The van der Waals surface area contributed by atoms with Gasteiger partial charge in [-0.3, -0.25) is 34.2 Å². The summed E-state index contributed by atoms with van der Waals surface area (Å²) < 4.78 is 33.4. The molecule has 5 fully saturated rings. The minimum atomic E-state index is -0.782. The van der Waals surface area contributed by atoms with Gasteiger partial charge in [-0.15, -0.1) is 0 Å². The van der Waals surface area contributed by atoms with E-state index in [-0.39, 0.29) is 101 Å². The maximum atomic E-state index is 16.4. The van der Waals surface area contributed by atoms with Crippen molar-refractivity contribution in [3.05, 3.63) is 112 Å². The van der Waals surface area contributed by atoms with Crippen molar-refractivity contribution in [2.45, 2.75) is 94.7 Å². The fourth-order valence-electron chi connectivity index (χ4n) is 11.2. The number of carbonyl (C=O) groups is 6. The molecule has 0 spiro atoms. The Kier molecular flexibility index (Phi) is 16.8. The molecule has 2 atom stereocenters. The Bertz CT molecular complexity index is 2720. The monoisotopic (exact) mass is 1030 g/mol. The smallest absolute Gasteiger partial charge is 0.328 e. The third-order valence-corrected chi connectivity index (χ3v) is 15.8. The summed E-state index contributed by atoms with van der Waals surface area (Å²) in [5, 5.41) is 9.69. The van der Waals surface area contributed by atoms with Gasteiger partial charge in [-0.05, 0) is 118 Å². The first kappa shape index (κ1) is 52.3. The quantitative estimate of drug-likeness (QED) is 0.0890. The highest BCUT2D eigenvalue weighted by molar-refractivity contribution is 6.33. The molecule has 4 aliphatic heterocycles. The van der Waals surface area contributed by atoms with Crippen LogP contribution in [0.2, 0.25) is 5.02 Å². The molecule has 0 aromatic heterocycles. The molecule has 4 saturated heterocycles. The van der Waals surface area contributed by atoms with E-state index < -0.39 is 17.8 Å². The summed E-state index contributed by atoms with van der Waals surface area (Å²) in [7, 11) is 1.48. The minimum absolute atomic E-state index is 0.00172. The molecule has 4 aromatic rings. The van der Waals surface area contributed by atoms with Crippen molar-refractivity contribution in [2.24, 2.45) is 17.6 Å². The lowest BCUT2D eigenvalue weighted by molar-refractivity contribution is -0.140. The topological polar surface area (TPSA) is 202 Å². The van der Waals surface area contributed by atoms with Crippen LogP contribution in [-0.4, -0.2) is 123 Å². The number of nitrogens with two attached hydrogens (primary N) is 1. The molecule has 4 aromatic carbocycles. The van der Waals surface area contributed by atoms with Crippen LogP contribution in [0, 0.1) is 17.7 Å². The molecule has 5 N–H and O–H groups in total. The fourth-order valence-corrected chi connectivity index (χ4v) is 11.4. The Morgan fingerprint density at radius 2 is 1.51 bits per heavy atom. The Morgan fingerprint density at radius 1 is 0.811 bits per heavy atom. The van der Waals surface area contributed by atoms with E-state index in [9.17, 15) is 28.8 Å². The molecule has 392 valence electrons. The van der Waals surface area contributed by atoms with Crippen LogP contribution in [0.15, 0.2) is 78.9 Å². The number of rotatable bonds is 16. The van der Waals surface area contributed by atoms with Crippen molar-refractivity contribution in [3.63, 3.8) is 0 Å². The van der Waals surface area contributed by atoms with Crippen LogP contribution >= 0.6 is 11.6 Å². The molecular weight excluding hydrogens is 969 g/mol. The van der Waals surface area contributed by atoms with Gasteiger partial charge in [-0.2, -0.15) is 0 Å². The van der Waals surface area contributed by atoms with Gasteiger partial charge in [0, 0.05) is 104 Å². The molecule has 1 unspecified atom stereocenters. The van der Waals surface area contributed by atoms with Crippen LogP contribution in [0.5, 0.6) is 11.5 Å². The van der Waals surface area contributed by atoms with E-state index >= 15 is 4.39 Å². The number of ether oxygens (including phenoxy) is 3. The largest absolute Gasteiger partial charge is 0.495 e. The first-order valence-electron chi connectivity index (χ1n) is 26.0. The van der Waals surface area contributed by atoms with Crippen molar-refractivity contribution < 1.29 is 47.4 Å². The van der Waals surface area contributed by atoms with Crippen molar-refractivity contribution in [3.8, 4) is 22.6 Å². The predicted molar refractivity (Wildman–Crippen MR) is 277 cm³/mol. The van der Waals surface area contributed by atoms with Crippen LogP contribution in [-0.2, 0) is 19.1 Å². The molecule has 74 heavy (non-hydrogen) atoms. The number of amides is 7.